The number of hydrogen-bond donors (Lipinski definition) is 1. The van der Waals surface area contributed by atoms with Gasteiger partial charge in [-0.1, -0.05) is 48.0 Å². The predicted molar refractivity (Wildman–Crippen MR) is 103 cm³/mol. The second kappa shape index (κ2) is 7.72. The van der Waals surface area contributed by atoms with E-state index in [0.29, 0.717) is 21.8 Å². The maximum atomic E-state index is 12.5. The molecule has 26 heavy (non-hydrogen) atoms. The van der Waals surface area contributed by atoms with Gasteiger partial charge >= 0.3 is 0 Å². The van der Waals surface area contributed by atoms with Crippen molar-refractivity contribution in [3.8, 4) is 0 Å². The van der Waals surface area contributed by atoms with Gasteiger partial charge in [-0.05, 0) is 48.0 Å². The average Bonchev–Trinajstić information content (AvgIpc) is 2.62. The van der Waals surface area contributed by atoms with Crippen LogP contribution in [-0.4, -0.2) is 14.3 Å². The molecule has 0 heterocycles. The molecule has 0 spiro atoms. The van der Waals surface area contributed by atoms with E-state index in [1.807, 2.05) is 0 Å². The molecule has 0 fully saturated rings. The second-order valence-electron chi connectivity index (χ2n) is 5.74. The van der Waals surface area contributed by atoms with Crippen LogP contribution in [-0.2, 0) is 15.6 Å². The minimum Gasteiger partial charge on any atom is -0.322 e. The summed E-state index contributed by atoms with van der Waals surface area (Å²) in [6.45, 7) is 0. The first-order valence-corrected chi connectivity index (χ1v) is 9.91. The number of sulfone groups is 1. The average molecular weight is 386 g/mol. The molecule has 0 aromatic heterocycles. The third-order valence-electron chi connectivity index (χ3n) is 3.73. The van der Waals surface area contributed by atoms with Crippen LogP contribution in [0.1, 0.15) is 15.9 Å². The molecule has 1 amide bonds. The first kappa shape index (κ1) is 18.2. The number of hydrogen-bond acceptors (Lipinski definition) is 3. The van der Waals surface area contributed by atoms with Crippen LogP contribution in [0.5, 0.6) is 0 Å². The first-order valence-electron chi connectivity index (χ1n) is 7.88. The lowest BCUT2D eigenvalue weighted by Crippen LogP contribution is -2.12. The summed E-state index contributed by atoms with van der Waals surface area (Å²) >= 11 is 5.90. The van der Waals surface area contributed by atoms with Crippen molar-refractivity contribution in [1.82, 2.24) is 0 Å². The summed E-state index contributed by atoms with van der Waals surface area (Å²) in [6, 6.07) is 21.7. The summed E-state index contributed by atoms with van der Waals surface area (Å²) in [7, 11) is -3.45. The monoisotopic (exact) mass is 385 g/mol. The van der Waals surface area contributed by atoms with Crippen LogP contribution in [0.25, 0.3) is 0 Å². The van der Waals surface area contributed by atoms with Crippen molar-refractivity contribution in [2.45, 2.75) is 10.6 Å². The Labute approximate surface area is 157 Å². The molecule has 1 N–H and O–H groups in total. The standard InChI is InChI=1S/C20H16ClNO3S/c21-17-8-5-7-16(13-17)20(23)22-18-9-4-6-15(12-18)14-26(24,25)19-10-2-1-3-11-19/h1-13H,14H2,(H,22,23). The van der Waals surface area contributed by atoms with Crippen LogP contribution in [0.3, 0.4) is 0 Å². The largest absolute Gasteiger partial charge is 0.322 e. The molecule has 0 unspecified atom stereocenters. The number of carbonyl (C=O) groups excluding carboxylic acids is 1. The highest BCUT2D eigenvalue weighted by Gasteiger charge is 2.15. The smallest absolute Gasteiger partial charge is 0.255 e. The fourth-order valence-electron chi connectivity index (χ4n) is 2.50. The van der Waals surface area contributed by atoms with Gasteiger partial charge in [0.15, 0.2) is 9.84 Å². The third kappa shape index (κ3) is 4.50. The van der Waals surface area contributed by atoms with E-state index >= 15 is 0 Å². The molecule has 3 aromatic rings. The summed E-state index contributed by atoms with van der Waals surface area (Å²) in [5, 5.41) is 3.23. The summed E-state index contributed by atoms with van der Waals surface area (Å²) in [5.41, 5.74) is 1.55. The van der Waals surface area contributed by atoms with Crippen LogP contribution in [0, 0.1) is 0 Å². The van der Waals surface area contributed by atoms with Gasteiger partial charge in [0.1, 0.15) is 0 Å². The quantitative estimate of drug-likeness (QED) is 0.699. The molecular formula is C20H16ClNO3S. The molecule has 0 saturated carbocycles. The van der Waals surface area contributed by atoms with Gasteiger partial charge in [-0.25, -0.2) is 8.42 Å². The maximum absolute atomic E-state index is 12.5. The van der Waals surface area contributed by atoms with Crippen LogP contribution in [0.2, 0.25) is 5.02 Å². The fraction of sp³-hybridized carbons (Fsp3) is 0.0500. The number of rotatable bonds is 5. The molecular weight excluding hydrogens is 370 g/mol. The molecule has 3 rings (SSSR count). The van der Waals surface area contributed by atoms with Gasteiger partial charge in [0, 0.05) is 16.3 Å². The Morgan fingerprint density at radius 1 is 0.885 bits per heavy atom. The number of anilines is 1. The van der Waals surface area contributed by atoms with Gasteiger partial charge in [-0.2, -0.15) is 0 Å². The van der Waals surface area contributed by atoms with Gasteiger partial charge in [-0.15, -0.1) is 0 Å². The van der Waals surface area contributed by atoms with E-state index in [1.165, 1.54) is 0 Å². The van der Waals surface area contributed by atoms with E-state index in [-0.39, 0.29) is 16.6 Å². The van der Waals surface area contributed by atoms with E-state index in [4.69, 9.17) is 11.6 Å². The number of halogens is 1. The molecule has 0 aliphatic rings. The SMILES string of the molecule is O=C(Nc1cccc(CS(=O)(=O)c2ccccc2)c1)c1cccc(Cl)c1. The molecule has 6 heteroatoms. The van der Waals surface area contributed by atoms with Gasteiger partial charge in [0.05, 0.1) is 10.6 Å². The molecule has 0 bridgehead atoms. The molecule has 0 aliphatic heterocycles. The summed E-state index contributed by atoms with van der Waals surface area (Å²) in [4.78, 5) is 12.6. The normalized spacial score (nSPS) is 11.1. The topological polar surface area (TPSA) is 63.2 Å². The van der Waals surface area contributed by atoms with E-state index in [2.05, 4.69) is 5.32 Å². The van der Waals surface area contributed by atoms with Crippen LogP contribution < -0.4 is 5.32 Å². The minimum atomic E-state index is -3.45. The van der Waals surface area contributed by atoms with Crippen LogP contribution in [0.4, 0.5) is 5.69 Å². The first-order chi connectivity index (χ1) is 12.4. The molecule has 4 nitrogen and oxygen atoms in total. The third-order valence-corrected chi connectivity index (χ3v) is 5.67. The number of benzene rings is 3. The van der Waals surface area contributed by atoms with Crippen molar-refractivity contribution in [3.63, 3.8) is 0 Å². The van der Waals surface area contributed by atoms with Crippen molar-refractivity contribution in [2.75, 3.05) is 5.32 Å². The zero-order valence-electron chi connectivity index (χ0n) is 13.7. The van der Waals surface area contributed by atoms with Crippen molar-refractivity contribution in [2.24, 2.45) is 0 Å². The zero-order valence-corrected chi connectivity index (χ0v) is 15.3. The molecule has 3 aromatic carbocycles. The van der Waals surface area contributed by atoms with E-state index in [9.17, 15) is 13.2 Å². The van der Waals surface area contributed by atoms with Crippen LogP contribution in [0.15, 0.2) is 83.8 Å². The van der Waals surface area contributed by atoms with Crippen molar-refractivity contribution in [3.05, 3.63) is 95.0 Å². The van der Waals surface area contributed by atoms with Crippen molar-refractivity contribution in [1.29, 1.82) is 0 Å². The molecule has 0 saturated heterocycles. The predicted octanol–water partition coefficient (Wildman–Crippen LogP) is 4.57. The lowest BCUT2D eigenvalue weighted by molar-refractivity contribution is 0.102. The Morgan fingerprint density at radius 3 is 2.35 bits per heavy atom. The Balaban J connectivity index is 1.77. The van der Waals surface area contributed by atoms with E-state index in [0.717, 1.165) is 0 Å². The lowest BCUT2D eigenvalue weighted by Gasteiger charge is -2.09. The Kier molecular flexibility index (Phi) is 5.40. The van der Waals surface area contributed by atoms with Gasteiger partial charge < -0.3 is 5.32 Å². The highest BCUT2D eigenvalue weighted by atomic mass is 35.5. The van der Waals surface area contributed by atoms with Gasteiger partial charge in [0.2, 0.25) is 0 Å². The highest BCUT2D eigenvalue weighted by molar-refractivity contribution is 7.90. The van der Waals surface area contributed by atoms with E-state index < -0.39 is 9.84 Å². The summed E-state index contributed by atoms with van der Waals surface area (Å²) in [5.74, 6) is -0.451. The van der Waals surface area contributed by atoms with Crippen molar-refractivity contribution >= 4 is 33.0 Å². The highest BCUT2D eigenvalue weighted by Crippen LogP contribution is 2.19. The lowest BCUT2D eigenvalue weighted by atomic mass is 10.2. The Morgan fingerprint density at radius 2 is 1.62 bits per heavy atom. The number of nitrogens with one attached hydrogen (secondary N) is 1. The van der Waals surface area contributed by atoms with Gasteiger partial charge in [0.25, 0.3) is 5.91 Å². The Hall–Kier alpha value is -2.63. The minimum absolute atomic E-state index is 0.141. The zero-order chi connectivity index (χ0) is 18.6. The Bertz CT molecular complexity index is 1030. The number of carbonyl (C=O) groups is 1. The molecule has 0 aliphatic carbocycles. The van der Waals surface area contributed by atoms with Gasteiger partial charge in [-0.3, -0.25) is 4.79 Å². The fourth-order valence-corrected chi connectivity index (χ4v) is 4.05. The second-order valence-corrected chi connectivity index (χ2v) is 8.16. The summed E-state index contributed by atoms with van der Waals surface area (Å²) in [6.07, 6.45) is 0. The summed E-state index contributed by atoms with van der Waals surface area (Å²) < 4.78 is 25.0. The molecule has 132 valence electrons. The molecule has 0 atom stereocenters. The van der Waals surface area contributed by atoms with Crippen molar-refractivity contribution < 1.29 is 13.2 Å². The maximum Gasteiger partial charge on any atom is 0.255 e. The van der Waals surface area contributed by atoms with E-state index in [1.54, 1.807) is 78.9 Å². The number of amides is 1. The molecule has 0 radical (unpaired) electrons. The van der Waals surface area contributed by atoms with Crippen LogP contribution >= 0.6 is 11.6 Å².